The Morgan fingerprint density at radius 1 is 1.20 bits per heavy atom. The lowest BCUT2D eigenvalue weighted by Gasteiger charge is -2.35. The van der Waals surface area contributed by atoms with E-state index in [0.29, 0.717) is 11.5 Å². The molecule has 1 aromatic rings. The smallest absolute Gasteiger partial charge is 0.278 e. The highest BCUT2D eigenvalue weighted by Gasteiger charge is 2.30. The minimum atomic E-state index is -0.313. The molecule has 25 heavy (non-hydrogen) atoms. The molecular formula is C18H29N3O4. The SMILES string of the molecule is CCCCC[C@@H](c1cc(OC)c(OC)cc1[N+](=O)[O-])N1CCNCC1. The molecule has 1 N–H and O–H groups in total. The van der Waals surface area contributed by atoms with Crippen molar-refractivity contribution in [1.29, 1.82) is 0 Å². The second kappa shape index (κ2) is 9.58. The molecule has 0 spiro atoms. The maximum absolute atomic E-state index is 11.7. The van der Waals surface area contributed by atoms with Crippen molar-refractivity contribution in [1.82, 2.24) is 10.2 Å². The highest BCUT2D eigenvalue weighted by atomic mass is 16.6. The number of nitro groups is 1. The number of nitro benzene ring substituents is 1. The van der Waals surface area contributed by atoms with E-state index in [-0.39, 0.29) is 16.7 Å². The molecule has 1 saturated heterocycles. The molecule has 0 unspecified atom stereocenters. The Kier molecular flexibility index (Phi) is 7.46. The topological polar surface area (TPSA) is 76.9 Å². The van der Waals surface area contributed by atoms with E-state index in [9.17, 15) is 10.1 Å². The molecule has 7 nitrogen and oxygen atoms in total. The highest BCUT2D eigenvalue weighted by Crippen LogP contribution is 2.40. The summed E-state index contributed by atoms with van der Waals surface area (Å²) in [7, 11) is 3.06. The second-order valence-corrected chi connectivity index (χ2v) is 6.32. The second-order valence-electron chi connectivity index (χ2n) is 6.32. The van der Waals surface area contributed by atoms with Crippen LogP contribution in [0, 0.1) is 10.1 Å². The molecule has 1 fully saturated rings. The van der Waals surface area contributed by atoms with Gasteiger partial charge >= 0.3 is 0 Å². The lowest BCUT2D eigenvalue weighted by molar-refractivity contribution is -0.386. The standard InChI is InChI=1S/C18H29N3O4/c1-4-5-6-7-15(20-10-8-19-9-11-20)14-12-17(24-2)18(25-3)13-16(14)21(22)23/h12-13,15,19H,4-11H2,1-3H3/t15-/m0/s1. The zero-order valence-corrected chi connectivity index (χ0v) is 15.4. The number of rotatable bonds is 9. The normalized spacial score (nSPS) is 16.4. The molecule has 1 heterocycles. The van der Waals surface area contributed by atoms with Crippen LogP contribution in [0.4, 0.5) is 5.69 Å². The summed E-state index contributed by atoms with van der Waals surface area (Å²) in [5.41, 5.74) is 0.832. The summed E-state index contributed by atoms with van der Waals surface area (Å²) >= 11 is 0. The molecular weight excluding hydrogens is 322 g/mol. The van der Waals surface area contributed by atoms with Gasteiger partial charge in [-0.05, 0) is 12.5 Å². The summed E-state index contributed by atoms with van der Waals surface area (Å²) in [6.07, 6.45) is 4.22. The first-order valence-corrected chi connectivity index (χ1v) is 8.97. The molecule has 0 saturated carbocycles. The number of piperazine rings is 1. The van der Waals surface area contributed by atoms with Gasteiger partial charge in [-0.3, -0.25) is 15.0 Å². The van der Waals surface area contributed by atoms with Crippen molar-refractivity contribution < 1.29 is 14.4 Å². The molecule has 1 aliphatic rings. The van der Waals surface area contributed by atoms with Crippen LogP contribution in [-0.4, -0.2) is 50.2 Å². The summed E-state index contributed by atoms with van der Waals surface area (Å²) in [4.78, 5) is 13.7. The van der Waals surface area contributed by atoms with E-state index in [1.807, 2.05) is 0 Å². The third-order valence-electron chi connectivity index (χ3n) is 4.76. The Morgan fingerprint density at radius 2 is 1.84 bits per heavy atom. The summed E-state index contributed by atoms with van der Waals surface area (Å²) in [6.45, 7) is 5.76. The fourth-order valence-electron chi connectivity index (χ4n) is 3.43. The Bertz CT molecular complexity index is 574. The molecule has 7 heteroatoms. The van der Waals surface area contributed by atoms with E-state index in [1.165, 1.54) is 13.2 Å². The third-order valence-corrected chi connectivity index (χ3v) is 4.76. The zero-order valence-electron chi connectivity index (χ0n) is 15.4. The first kappa shape index (κ1) is 19.5. The number of hydrogen-bond acceptors (Lipinski definition) is 6. The largest absolute Gasteiger partial charge is 0.493 e. The minimum absolute atomic E-state index is 0.0221. The molecule has 0 amide bonds. The highest BCUT2D eigenvalue weighted by molar-refractivity contribution is 5.55. The summed E-state index contributed by atoms with van der Waals surface area (Å²) in [6, 6.07) is 3.30. The summed E-state index contributed by atoms with van der Waals surface area (Å²) in [5, 5.41) is 15.0. The first-order valence-electron chi connectivity index (χ1n) is 8.97. The monoisotopic (exact) mass is 351 g/mol. The van der Waals surface area contributed by atoms with Crippen LogP contribution in [0.25, 0.3) is 0 Å². The van der Waals surface area contributed by atoms with Crippen LogP contribution in [0.15, 0.2) is 12.1 Å². The van der Waals surface area contributed by atoms with Gasteiger partial charge in [-0.15, -0.1) is 0 Å². The van der Waals surface area contributed by atoms with Gasteiger partial charge in [-0.25, -0.2) is 0 Å². The fourth-order valence-corrected chi connectivity index (χ4v) is 3.43. The Labute approximate surface area is 149 Å². The first-order chi connectivity index (χ1) is 12.1. The maximum Gasteiger partial charge on any atom is 0.278 e. The molecule has 1 aliphatic heterocycles. The summed E-state index contributed by atoms with van der Waals surface area (Å²) < 4.78 is 10.6. The molecule has 1 atom stereocenters. The fraction of sp³-hybridized carbons (Fsp3) is 0.667. The molecule has 0 aliphatic carbocycles. The van der Waals surface area contributed by atoms with Crippen LogP contribution in [-0.2, 0) is 0 Å². The van der Waals surface area contributed by atoms with Gasteiger partial charge in [0.25, 0.3) is 5.69 Å². The molecule has 140 valence electrons. The van der Waals surface area contributed by atoms with Gasteiger partial charge < -0.3 is 14.8 Å². The number of unbranched alkanes of at least 4 members (excludes halogenated alkanes) is 2. The van der Waals surface area contributed by atoms with Crippen LogP contribution in [0.2, 0.25) is 0 Å². The van der Waals surface area contributed by atoms with Crippen LogP contribution in [0.1, 0.15) is 44.2 Å². The van der Waals surface area contributed by atoms with Gasteiger partial charge in [0.1, 0.15) is 0 Å². The zero-order chi connectivity index (χ0) is 18.2. The van der Waals surface area contributed by atoms with Crippen LogP contribution >= 0.6 is 0 Å². The van der Waals surface area contributed by atoms with Gasteiger partial charge in [0.15, 0.2) is 11.5 Å². The lowest BCUT2D eigenvalue weighted by Crippen LogP contribution is -2.45. The number of benzene rings is 1. The van der Waals surface area contributed by atoms with Crippen LogP contribution in [0.3, 0.4) is 0 Å². The number of nitrogens with zero attached hydrogens (tertiary/aromatic N) is 2. The van der Waals surface area contributed by atoms with Crippen LogP contribution < -0.4 is 14.8 Å². The van der Waals surface area contributed by atoms with Gasteiger partial charge in [0.2, 0.25) is 0 Å². The molecule has 0 radical (unpaired) electrons. The predicted molar refractivity (Wildman–Crippen MR) is 97.5 cm³/mol. The summed E-state index contributed by atoms with van der Waals surface area (Å²) in [5.74, 6) is 0.935. The van der Waals surface area contributed by atoms with Crippen molar-refractivity contribution in [2.24, 2.45) is 0 Å². The van der Waals surface area contributed by atoms with E-state index < -0.39 is 0 Å². The predicted octanol–water partition coefficient (Wildman–Crippen LogP) is 3.14. The molecule has 0 bridgehead atoms. The Hall–Kier alpha value is -1.86. The Balaban J connectivity index is 2.43. The van der Waals surface area contributed by atoms with Gasteiger partial charge in [-0.1, -0.05) is 26.2 Å². The quantitative estimate of drug-likeness (QED) is 0.418. The Morgan fingerprint density at radius 3 is 2.40 bits per heavy atom. The number of nitrogens with one attached hydrogen (secondary N) is 1. The van der Waals surface area contributed by atoms with Crippen molar-refractivity contribution in [3.63, 3.8) is 0 Å². The lowest BCUT2D eigenvalue weighted by atomic mass is 9.96. The average Bonchev–Trinajstić information content (AvgIpc) is 2.65. The van der Waals surface area contributed by atoms with Crippen LogP contribution in [0.5, 0.6) is 11.5 Å². The third kappa shape index (κ3) is 4.83. The van der Waals surface area contributed by atoms with Gasteiger partial charge in [0.05, 0.1) is 30.8 Å². The van der Waals surface area contributed by atoms with E-state index in [4.69, 9.17) is 9.47 Å². The number of methoxy groups -OCH3 is 2. The molecule has 0 aromatic heterocycles. The average molecular weight is 351 g/mol. The van der Waals surface area contributed by atoms with Crippen molar-refractivity contribution >= 4 is 5.69 Å². The van der Waals surface area contributed by atoms with E-state index >= 15 is 0 Å². The van der Waals surface area contributed by atoms with Crippen molar-refractivity contribution in [3.8, 4) is 11.5 Å². The number of hydrogen-bond donors (Lipinski definition) is 1. The van der Waals surface area contributed by atoms with E-state index in [0.717, 1.165) is 57.4 Å². The van der Waals surface area contributed by atoms with Gasteiger partial charge in [0, 0.05) is 32.2 Å². The minimum Gasteiger partial charge on any atom is -0.493 e. The van der Waals surface area contributed by atoms with Crippen molar-refractivity contribution in [2.75, 3.05) is 40.4 Å². The molecule has 2 rings (SSSR count). The van der Waals surface area contributed by atoms with Crippen molar-refractivity contribution in [2.45, 2.75) is 38.6 Å². The van der Waals surface area contributed by atoms with E-state index in [1.54, 1.807) is 13.2 Å². The van der Waals surface area contributed by atoms with Crippen molar-refractivity contribution in [3.05, 3.63) is 27.8 Å². The molecule has 1 aromatic carbocycles. The van der Waals surface area contributed by atoms with Gasteiger partial charge in [-0.2, -0.15) is 0 Å². The maximum atomic E-state index is 11.7. The van der Waals surface area contributed by atoms with E-state index in [2.05, 4.69) is 17.1 Å². The number of ether oxygens (including phenoxy) is 2.